The van der Waals surface area contributed by atoms with Crippen LogP contribution in [0.15, 0.2) is 24.3 Å². The smallest absolute Gasteiger partial charge is 0.0325 e. The summed E-state index contributed by atoms with van der Waals surface area (Å²) >= 11 is 2.04. The fourth-order valence-electron chi connectivity index (χ4n) is 3.22. The summed E-state index contributed by atoms with van der Waals surface area (Å²) < 4.78 is 0. The van der Waals surface area contributed by atoms with E-state index in [9.17, 15) is 0 Å². The SMILES string of the molecule is CCSCCC(C)NC1CCC(C)(C)c2ccccc21. The van der Waals surface area contributed by atoms with E-state index in [-0.39, 0.29) is 0 Å². The normalized spacial score (nSPS) is 22.3. The third kappa shape index (κ3) is 3.79. The number of hydrogen-bond acceptors (Lipinski definition) is 2. The Bertz CT molecular complexity index is 427. The van der Waals surface area contributed by atoms with Crippen LogP contribution in [0.2, 0.25) is 0 Å². The number of hydrogen-bond donors (Lipinski definition) is 1. The first-order valence-electron chi connectivity index (χ1n) is 7.98. The molecular weight excluding hydrogens is 262 g/mol. The van der Waals surface area contributed by atoms with E-state index in [1.165, 1.54) is 36.3 Å². The standard InChI is InChI=1S/C18H29NS/c1-5-20-13-11-14(2)19-17-10-12-18(3,4)16-9-7-6-8-15(16)17/h6-9,14,17,19H,5,10-13H2,1-4H3. The van der Waals surface area contributed by atoms with E-state index >= 15 is 0 Å². The highest BCUT2D eigenvalue weighted by atomic mass is 32.2. The topological polar surface area (TPSA) is 12.0 Å². The van der Waals surface area contributed by atoms with Gasteiger partial charge < -0.3 is 5.32 Å². The fourth-order valence-corrected chi connectivity index (χ4v) is 4.03. The molecule has 1 aromatic carbocycles. The lowest BCUT2D eigenvalue weighted by molar-refractivity contribution is 0.336. The minimum absolute atomic E-state index is 0.329. The van der Waals surface area contributed by atoms with Gasteiger partial charge in [-0.3, -0.25) is 0 Å². The van der Waals surface area contributed by atoms with Crippen LogP contribution in [0.3, 0.4) is 0 Å². The van der Waals surface area contributed by atoms with Crippen LogP contribution in [0.4, 0.5) is 0 Å². The molecule has 0 saturated carbocycles. The molecule has 0 bridgehead atoms. The van der Waals surface area contributed by atoms with Crippen molar-refractivity contribution in [2.75, 3.05) is 11.5 Å². The van der Waals surface area contributed by atoms with Crippen LogP contribution in [-0.2, 0) is 5.41 Å². The van der Waals surface area contributed by atoms with Crippen LogP contribution in [-0.4, -0.2) is 17.5 Å². The summed E-state index contributed by atoms with van der Waals surface area (Å²) in [5.74, 6) is 2.50. The highest BCUT2D eigenvalue weighted by molar-refractivity contribution is 7.99. The molecule has 2 rings (SSSR count). The van der Waals surface area contributed by atoms with Crippen molar-refractivity contribution < 1.29 is 0 Å². The monoisotopic (exact) mass is 291 g/mol. The van der Waals surface area contributed by atoms with Crippen LogP contribution >= 0.6 is 11.8 Å². The maximum Gasteiger partial charge on any atom is 0.0325 e. The summed E-state index contributed by atoms with van der Waals surface area (Å²) in [6.07, 6.45) is 3.80. The van der Waals surface area contributed by atoms with Gasteiger partial charge in [-0.2, -0.15) is 11.8 Å². The van der Waals surface area contributed by atoms with Crippen LogP contribution in [0.1, 0.15) is 64.1 Å². The first-order chi connectivity index (χ1) is 9.54. The molecule has 0 aliphatic heterocycles. The Hall–Kier alpha value is -0.470. The molecule has 2 unspecified atom stereocenters. The van der Waals surface area contributed by atoms with Crippen LogP contribution in [0.5, 0.6) is 0 Å². The molecule has 0 radical (unpaired) electrons. The lowest BCUT2D eigenvalue weighted by Crippen LogP contribution is -2.37. The number of thioether (sulfide) groups is 1. The maximum atomic E-state index is 3.86. The van der Waals surface area contributed by atoms with E-state index in [2.05, 4.69) is 57.3 Å². The summed E-state index contributed by atoms with van der Waals surface area (Å²) in [7, 11) is 0. The average molecular weight is 292 g/mol. The van der Waals surface area contributed by atoms with Crippen molar-refractivity contribution in [3.05, 3.63) is 35.4 Å². The van der Waals surface area contributed by atoms with E-state index in [0.717, 1.165) is 0 Å². The highest BCUT2D eigenvalue weighted by Crippen LogP contribution is 2.41. The third-order valence-electron chi connectivity index (χ3n) is 4.51. The molecule has 20 heavy (non-hydrogen) atoms. The Morgan fingerprint density at radius 3 is 2.85 bits per heavy atom. The quantitative estimate of drug-likeness (QED) is 0.747. The highest BCUT2D eigenvalue weighted by Gasteiger charge is 2.32. The van der Waals surface area contributed by atoms with Gasteiger partial charge in [-0.05, 0) is 54.2 Å². The Morgan fingerprint density at radius 1 is 1.35 bits per heavy atom. The summed E-state index contributed by atoms with van der Waals surface area (Å²) in [5.41, 5.74) is 3.40. The van der Waals surface area contributed by atoms with Crippen molar-refractivity contribution in [2.45, 2.75) is 64.5 Å². The van der Waals surface area contributed by atoms with Gasteiger partial charge >= 0.3 is 0 Å². The van der Waals surface area contributed by atoms with Gasteiger partial charge in [-0.1, -0.05) is 45.0 Å². The molecule has 112 valence electrons. The minimum Gasteiger partial charge on any atom is -0.307 e. The zero-order valence-electron chi connectivity index (χ0n) is 13.4. The molecule has 0 spiro atoms. The van der Waals surface area contributed by atoms with Gasteiger partial charge in [-0.15, -0.1) is 0 Å². The van der Waals surface area contributed by atoms with Gasteiger partial charge in [0.2, 0.25) is 0 Å². The van der Waals surface area contributed by atoms with E-state index in [1.54, 1.807) is 5.56 Å². The summed E-state index contributed by atoms with van der Waals surface area (Å²) in [6, 6.07) is 10.2. The molecule has 1 aliphatic carbocycles. The molecule has 1 nitrogen and oxygen atoms in total. The van der Waals surface area contributed by atoms with Crippen LogP contribution in [0, 0.1) is 0 Å². The van der Waals surface area contributed by atoms with Crippen molar-refractivity contribution in [1.82, 2.24) is 5.32 Å². The zero-order chi connectivity index (χ0) is 14.6. The predicted octanol–water partition coefficient (Wildman–Crippen LogP) is 4.92. The Morgan fingerprint density at radius 2 is 2.10 bits per heavy atom. The van der Waals surface area contributed by atoms with Gasteiger partial charge in [0.1, 0.15) is 0 Å². The lowest BCUT2D eigenvalue weighted by Gasteiger charge is -2.38. The fraction of sp³-hybridized carbons (Fsp3) is 0.667. The summed E-state index contributed by atoms with van der Waals surface area (Å²) in [6.45, 7) is 9.33. The molecule has 0 fully saturated rings. The minimum atomic E-state index is 0.329. The van der Waals surface area contributed by atoms with E-state index < -0.39 is 0 Å². The zero-order valence-corrected chi connectivity index (χ0v) is 14.2. The molecular formula is C18H29NS. The van der Waals surface area contributed by atoms with E-state index in [4.69, 9.17) is 0 Å². The van der Waals surface area contributed by atoms with Gasteiger partial charge in [0.05, 0.1) is 0 Å². The van der Waals surface area contributed by atoms with Crippen LogP contribution < -0.4 is 5.32 Å². The van der Waals surface area contributed by atoms with Gasteiger partial charge in [0.25, 0.3) is 0 Å². The number of rotatable bonds is 6. The lowest BCUT2D eigenvalue weighted by atomic mass is 9.71. The second-order valence-electron chi connectivity index (χ2n) is 6.62. The molecule has 1 N–H and O–H groups in total. The molecule has 1 aromatic rings. The first-order valence-corrected chi connectivity index (χ1v) is 9.13. The number of benzene rings is 1. The van der Waals surface area contributed by atoms with Crippen molar-refractivity contribution in [1.29, 1.82) is 0 Å². The van der Waals surface area contributed by atoms with Crippen molar-refractivity contribution in [3.63, 3.8) is 0 Å². The second kappa shape index (κ2) is 7.00. The summed E-state index contributed by atoms with van der Waals surface area (Å²) in [5, 5.41) is 3.86. The maximum absolute atomic E-state index is 3.86. The third-order valence-corrected chi connectivity index (χ3v) is 5.44. The van der Waals surface area contributed by atoms with Gasteiger partial charge in [-0.25, -0.2) is 0 Å². The Balaban J connectivity index is 2.03. The van der Waals surface area contributed by atoms with Gasteiger partial charge in [0, 0.05) is 12.1 Å². The van der Waals surface area contributed by atoms with Gasteiger partial charge in [0.15, 0.2) is 0 Å². The molecule has 0 aromatic heterocycles. The summed E-state index contributed by atoms with van der Waals surface area (Å²) in [4.78, 5) is 0. The molecule has 0 heterocycles. The predicted molar refractivity (Wildman–Crippen MR) is 91.7 cm³/mol. The number of nitrogens with one attached hydrogen (secondary N) is 1. The molecule has 0 amide bonds. The van der Waals surface area contributed by atoms with Crippen molar-refractivity contribution in [3.8, 4) is 0 Å². The molecule has 2 heteroatoms. The second-order valence-corrected chi connectivity index (χ2v) is 8.01. The van der Waals surface area contributed by atoms with Crippen molar-refractivity contribution in [2.24, 2.45) is 0 Å². The molecule has 2 atom stereocenters. The first kappa shape index (κ1) is 15.9. The average Bonchev–Trinajstić information content (AvgIpc) is 2.43. The Kier molecular flexibility index (Phi) is 5.57. The van der Waals surface area contributed by atoms with Crippen molar-refractivity contribution >= 4 is 11.8 Å². The Labute approximate surface area is 128 Å². The van der Waals surface area contributed by atoms with E-state index in [1.807, 2.05) is 11.8 Å². The molecule has 0 saturated heterocycles. The number of fused-ring (bicyclic) bond motifs is 1. The van der Waals surface area contributed by atoms with Crippen LogP contribution in [0.25, 0.3) is 0 Å². The largest absolute Gasteiger partial charge is 0.307 e. The molecule has 1 aliphatic rings. The van der Waals surface area contributed by atoms with E-state index in [0.29, 0.717) is 17.5 Å².